The molecule has 0 heterocycles. The van der Waals surface area contributed by atoms with Gasteiger partial charge in [0.15, 0.2) is 5.96 Å². The standard InChI is InChI=1S/C13H29N3O2/c1-13(2,18-5)11-16-12(14-3)15-9-7-6-8-10-17-4/h6-11H2,1-5H3,(H2,14,15,16). The lowest BCUT2D eigenvalue weighted by molar-refractivity contribution is 0.0268. The van der Waals surface area contributed by atoms with Gasteiger partial charge in [-0.05, 0) is 33.1 Å². The van der Waals surface area contributed by atoms with E-state index >= 15 is 0 Å². The molecule has 0 aliphatic rings. The van der Waals surface area contributed by atoms with Crippen LogP contribution in [0.5, 0.6) is 0 Å². The Morgan fingerprint density at radius 3 is 2.39 bits per heavy atom. The molecule has 2 N–H and O–H groups in total. The first kappa shape index (κ1) is 17.2. The molecule has 0 aromatic heterocycles. The van der Waals surface area contributed by atoms with Gasteiger partial charge in [-0.1, -0.05) is 0 Å². The van der Waals surface area contributed by atoms with Crippen LogP contribution in [0.3, 0.4) is 0 Å². The summed E-state index contributed by atoms with van der Waals surface area (Å²) in [5.74, 6) is 0.826. The van der Waals surface area contributed by atoms with Crippen LogP contribution in [0.4, 0.5) is 0 Å². The number of rotatable bonds is 9. The average Bonchev–Trinajstić information content (AvgIpc) is 2.37. The number of guanidine groups is 1. The van der Waals surface area contributed by atoms with Gasteiger partial charge in [-0.25, -0.2) is 0 Å². The molecule has 0 aliphatic carbocycles. The molecule has 0 saturated heterocycles. The maximum Gasteiger partial charge on any atom is 0.191 e. The Morgan fingerprint density at radius 1 is 1.11 bits per heavy atom. The smallest absolute Gasteiger partial charge is 0.191 e. The van der Waals surface area contributed by atoms with Crippen molar-refractivity contribution < 1.29 is 9.47 Å². The first-order chi connectivity index (χ1) is 8.55. The predicted octanol–water partition coefficient (Wildman–Crippen LogP) is 1.39. The molecule has 0 aliphatic heterocycles. The molecule has 0 unspecified atom stereocenters. The molecule has 0 fully saturated rings. The number of methoxy groups -OCH3 is 2. The minimum absolute atomic E-state index is 0.184. The van der Waals surface area contributed by atoms with E-state index in [9.17, 15) is 0 Å². The van der Waals surface area contributed by atoms with Gasteiger partial charge in [-0.15, -0.1) is 0 Å². The molecule has 0 amide bonds. The Bertz CT molecular complexity index is 230. The second-order valence-electron chi connectivity index (χ2n) is 4.87. The van der Waals surface area contributed by atoms with Gasteiger partial charge in [0.2, 0.25) is 0 Å². The van der Waals surface area contributed by atoms with E-state index in [0.717, 1.165) is 38.5 Å². The number of ether oxygens (including phenoxy) is 2. The highest BCUT2D eigenvalue weighted by Gasteiger charge is 2.16. The summed E-state index contributed by atoms with van der Waals surface area (Å²) in [6, 6.07) is 0. The SMILES string of the molecule is CN=C(NCCCCCOC)NCC(C)(C)OC. The van der Waals surface area contributed by atoms with Crippen LogP contribution < -0.4 is 10.6 Å². The van der Waals surface area contributed by atoms with Crippen molar-refractivity contribution in [2.24, 2.45) is 4.99 Å². The van der Waals surface area contributed by atoms with Crippen LogP contribution >= 0.6 is 0 Å². The van der Waals surface area contributed by atoms with Gasteiger partial charge >= 0.3 is 0 Å². The van der Waals surface area contributed by atoms with Crippen LogP contribution in [0.25, 0.3) is 0 Å². The van der Waals surface area contributed by atoms with Crippen LogP contribution in [0.15, 0.2) is 4.99 Å². The molecule has 18 heavy (non-hydrogen) atoms. The highest BCUT2D eigenvalue weighted by atomic mass is 16.5. The lowest BCUT2D eigenvalue weighted by Gasteiger charge is -2.24. The van der Waals surface area contributed by atoms with Crippen LogP contribution in [0.1, 0.15) is 33.1 Å². The zero-order chi connectivity index (χ0) is 13.9. The molecule has 0 radical (unpaired) electrons. The van der Waals surface area contributed by atoms with Crippen molar-refractivity contribution in [3.8, 4) is 0 Å². The molecular formula is C13H29N3O2. The summed E-state index contributed by atoms with van der Waals surface area (Å²) >= 11 is 0. The molecule has 0 atom stereocenters. The number of unbranched alkanes of at least 4 members (excludes halogenated alkanes) is 2. The minimum Gasteiger partial charge on any atom is -0.385 e. The van der Waals surface area contributed by atoms with Gasteiger partial charge < -0.3 is 20.1 Å². The first-order valence-corrected chi connectivity index (χ1v) is 6.54. The Hall–Kier alpha value is -0.810. The minimum atomic E-state index is -0.184. The maximum atomic E-state index is 5.34. The lowest BCUT2D eigenvalue weighted by Crippen LogP contribution is -2.45. The van der Waals surface area contributed by atoms with Crippen LogP contribution in [0, 0.1) is 0 Å². The zero-order valence-electron chi connectivity index (χ0n) is 12.5. The summed E-state index contributed by atoms with van der Waals surface area (Å²) in [6.45, 7) is 6.58. The van der Waals surface area contributed by atoms with E-state index in [1.165, 1.54) is 6.42 Å². The lowest BCUT2D eigenvalue weighted by atomic mass is 10.1. The monoisotopic (exact) mass is 259 g/mol. The maximum absolute atomic E-state index is 5.34. The fraction of sp³-hybridized carbons (Fsp3) is 0.923. The third-order valence-electron chi connectivity index (χ3n) is 2.78. The van der Waals surface area contributed by atoms with Crippen molar-refractivity contribution in [1.29, 1.82) is 0 Å². The van der Waals surface area contributed by atoms with Crippen molar-refractivity contribution in [3.05, 3.63) is 0 Å². The largest absolute Gasteiger partial charge is 0.385 e. The third-order valence-corrected chi connectivity index (χ3v) is 2.78. The normalized spacial score (nSPS) is 12.6. The Labute approximate surface area is 111 Å². The molecular weight excluding hydrogens is 230 g/mol. The molecule has 5 heteroatoms. The number of hydrogen-bond donors (Lipinski definition) is 2. The van der Waals surface area contributed by atoms with Gasteiger partial charge in [0.05, 0.1) is 5.60 Å². The number of nitrogens with one attached hydrogen (secondary N) is 2. The molecule has 0 spiro atoms. The molecule has 0 saturated carbocycles. The quantitative estimate of drug-likeness (QED) is 0.373. The number of hydrogen-bond acceptors (Lipinski definition) is 3. The summed E-state index contributed by atoms with van der Waals surface area (Å²) in [4.78, 5) is 4.17. The fourth-order valence-electron chi connectivity index (χ4n) is 1.34. The highest BCUT2D eigenvalue weighted by molar-refractivity contribution is 5.79. The van der Waals surface area contributed by atoms with Crippen molar-refractivity contribution in [3.63, 3.8) is 0 Å². The molecule has 0 rings (SSSR count). The van der Waals surface area contributed by atoms with Gasteiger partial charge in [-0.2, -0.15) is 0 Å². The summed E-state index contributed by atoms with van der Waals surface area (Å²) in [5, 5.41) is 6.54. The highest BCUT2D eigenvalue weighted by Crippen LogP contribution is 2.04. The summed E-state index contributed by atoms with van der Waals surface area (Å²) in [6.07, 6.45) is 3.40. The third kappa shape index (κ3) is 9.24. The first-order valence-electron chi connectivity index (χ1n) is 6.54. The number of nitrogens with zero attached hydrogens (tertiary/aromatic N) is 1. The van der Waals surface area contributed by atoms with E-state index < -0.39 is 0 Å². The fourth-order valence-corrected chi connectivity index (χ4v) is 1.34. The molecule has 108 valence electrons. The van der Waals surface area contributed by atoms with Crippen LogP contribution in [-0.4, -0.2) is 52.5 Å². The van der Waals surface area contributed by atoms with E-state index in [4.69, 9.17) is 9.47 Å². The number of aliphatic imine (C=N–C) groups is 1. The van der Waals surface area contributed by atoms with Crippen LogP contribution in [0.2, 0.25) is 0 Å². The van der Waals surface area contributed by atoms with Crippen molar-refractivity contribution in [2.45, 2.75) is 38.7 Å². The second-order valence-corrected chi connectivity index (χ2v) is 4.87. The van der Waals surface area contributed by atoms with E-state index in [1.807, 2.05) is 13.8 Å². The van der Waals surface area contributed by atoms with Crippen LogP contribution in [-0.2, 0) is 9.47 Å². The summed E-state index contributed by atoms with van der Waals surface area (Å²) < 4.78 is 10.4. The van der Waals surface area contributed by atoms with Gasteiger partial charge in [0.25, 0.3) is 0 Å². The zero-order valence-corrected chi connectivity index (χ0v) is 12.5. The van der Waals surface area contributed by atoms with Crippen molar-refractivity contribution in [2.75, 3.05) is 41.0 Å². The van der Waals surface area contributed by atoms with E-state index in [0.29, 0.717) is 0 Å². The van der Waals surface area contributed by atoms with Crippen molar-refractivity contribution >= 4 is 5.96 Å². The Kier molecular flexibility index (Phi) is 9.69. The summed E-state index contributed by atoms with van der Waals surface area (Å²) in [7, 11) is 5.23. The molecule has 0 aromatic rings. The van der Waals surface area contributed by atoms with E-state index in [2.05, 4.69) is 15.6 Å². The van der Waals surface area contributed by atoms with Gasteiger partial charge in [0.1, 0.15) is 0 Å². The van der Waals surface area contributed by atoms with E-state index in [-0.39, 0.29) is 5.60 Å². The molecule has 5 nitrogen and oxygen atoms in total. The average molecular weight is 259 g/mol. The van der Waals surface area contributed by atoms with E-state index in [1.54, 1.807) is 21.3 Å². The Balaban J connectivity index is 3.66. The Morgan fingerprint density at radius 2 is 1.83 bits per heavy atom. The van der Waals surface area contributed by atoms with Crippen molar-refractivity contribution in [1.82, 2.24) is 10.6 Å². The topological polar surface area (TPSA) is 54.9 Å². The summed E-state index contributed by atoms with van der Waals surface area (Å²) in [5.41, 5.74) is -0.184. The van der Waals surface area contributed by atoms with Gasteiger partial charge in [-0.3, -0.25) is 4.99 Å². The molecule has 0 bridgehead atoms. The van der Waals surface area contributed by atoms with Gasteiger partial charge in [0, 0.05) is 41.0 Å². The molecule has 0 aromatic carbocycles. The predicted molar refractivity (Wildman–Crippen MR) is 76.2 cm³/mol. The second kappa shape index (κ2) is 10.1.